The summed E-state index contributed by atoms with van der Waals surface area (Å²) >= 11 is 0. The Hall–Kier alpha value is -1.06. The molecular weight excluding hydrogens is 272 g/mol. The van der Waals surface area contributed by atoms with Crippen molar-refractivity contribution in [1.29, 1.82) is 0 Å². The summed E-state index contributed by atoms with van der Waals surface area (Å²) in [5.41, 5.74) is 0.945. The third-order valence-corrected chi connectivity index (χ3v) is 4.61. The maximum atomic E-state index is 12.6. The molecule has 0 spiro atoms. The van der Waals surface area contributed by atoms with E-state index in [2.05, 4.69) is 29.7 Å². The van der Waals surface area contributed by atoms with Crippen LogP contribution in [0.4, 0.5) is 0 Å². The van der Waals surface area contributed by atoms with Crippen LogP contribution in [0.3, 0.4) is 0 Å². The van der Waals surface area contributed by atoms with Gasteiger partial charge >= 0.3 is 0 Å². The number of carbonyl (C=O) groups is 1. The molecule has 0 radical (unpaired) electrons. The van der Waals surface area contributed by atoms with Crippen molar-refractivity contribution in [2.45, 2.75) is 37.6 Å². The summed E-state index contributed by atoms with van der Waals surface area (Å²) in [6.45, 7) is 4.22. The van der Waals surface area contributed by atoms with E-state index in [1.807, 2.05) is 18.2 Å². The van der Waals surface area contributed by atoms with Crippen LogP contribution >= 0.6 is 12.4 Å². The molecule has 2 atom stereocenters. The van der Waals surface area contributed by atoms with Crippen LogP contribution in [0.2, 0.25) is 0 Å². The number of hydrogen-bond donors (Lipinski definition) is 2. The second kappa shape index (κ2) is 6.15. The lowest BCUT2D eigenvalue weighted by atomic mass is 9.91. The summed E-state index contributed by atoms with van der Waals surface area (Å²) in [6, 6.07) is 10.5. The summed E-state index contributed by atoms with van der Waals surface area (Å²) in [4.78, 5) is 12.6. The van der Waals surface area contributed by atoms with Gasteiger partial charge in [0.1, 0.15) is 0 Å². The number of rotatable bonds is 3. The Balaban J connectivity index is 0.00000147. The van der Waals surface area contributed by atoms with Crippen molar-refractivity contribution in [3.8, 4) is 0 Å². The first-order valence-corrected chi connectivity index (χ1v) is 7.29. The Morgan fingerprint density at radius 2 is 2.00 bits per heavy atom. The van der Waals surface area contributed by atoms with Crippen LogP contribution in [0.15, 0.2) is 30.3 Å². The quantitative estimate of drug-likeness (QED) is 0.898. The van der Waals surface area contributed by atoms with E-state index < -0.39 is 0 Å². The molecule has 1 aromatic rings. The monoisotopic (exact) mass is 294 g/mol. The van der Waals surface area contributed by atoms with Crippen LogP contribution in [-0.4, -0.2) is 25.0 Å². The summed E-state index contributed by atoms with van der Waals surface area (Å²) in [7, 11) is 0. The van der Waals surface area contributed by atoms with Gasteiger partial charge in [-0.15, -0.1) is 12.4 Å². The molecule has 1 aliphatic carbocycles. The van der Waals surface area contributed by atoms with Crippen LogP contribution in [0.25, 0.3) is 0 Å². The highest BCUT2D eigenvalue weighted by Gasteiger charge is 2.51. The molecule has 20 heavy (non-hydrogen) atoms. The van der Waals surface area contributed by atoms with E-state index in [0.29, 0.717) is 12.0 Å². The second-order valence-electron chi connectivity index (χ2n) is 6.00. The van der Waals surface area contributed by atoms with Gasteiger partial charge in [0.05, 0.1) is 5.41 Å². The maximum Gasteiger partial charge on any atom is 0.230 e. The average molecular weight is 295 g/mol. The molecule has 1 aromatic carbocycles. The lowest BCUT2D eigenvalue weighted by molar-refractivity contribution is -0.124. The molecule has 0 bridgehead atoms. The summed E-state index contributed by atoms with van der Waals surface area (Å²) < 4.78 is 0. The number of halogens is 1. The van der Waals surface area contributed by atoms with Gasteiger partial charge in [0.15, 0.2) is 0 Å². The van der Waals surface area contributed by atoms with Gasteiger partial charge in [-0.2, -0.15) is 0 Å². The van der Waals surface area contributed by atoms with E-state index in [0.717, 1.165) is 32.4 Å². The lowest BCUT2D eigenvalue weighted by Gasteiger charge is -2.31. The molecule has 3 nitrogen and oxygen atoms in total. The predicted octanol–water partition coefficient (Wildman–Crippen LogP) is 2.25. The Kier molecular flexibility index (Phi) is 4.71. The van der Waals surface area contributed by atoms with E-state index in [9.17, 15) is 4.79 Å². The van der Waals surface area contributed by atoms with E-state index in [1.165, 1.54) is 5.56 Å². The van der Waals surface area contributed by atoms with Crippen molar-refractivity contribution in [3.05, 3.63) is 35.9 Å². The van der Waals surface area contributed by atoms with E-state index in [-0.39, 0.29) is 23.7 Å². The lowest BCUT2D eigenvalue weighted by Crippen LogP contribution is -2.50. The minimum atomic E-state index is -0.230. The fraction of sp³-hybridized carbons (Fsp3) is 0.562. The third-order valence-electron chi connectivity index (χ3n) is 4.61. The van der Waals surface area contributed by atoms with E-state index in [4.69, 9.17) is 0 Å². The predicted molar refractivity (Wildman–Crippen MR) is 83.2 cm³/mol. The molecule has 1 amide bonds. The average Bonchev–Trinajstić information content (AvgIpc) is 3.24. The minimum Gasteiger partial charge on any atom is -0.352 e. The zero-order valence-electron chi connectivity index (χ0n) is 11.9. The van der Waals surface area contributed by atoms with Gasteiger partial charge in [-0.3, -0.25) is 4.79 Å². The van der Waals surface area contributed by atoms with Crippen molar-refractivity contribution in [2.24, 2.45) is 5.92 Å². The van der Waals surface area contributed by atoms with Gasteiger partial charge in [0.25, 0.3) is 0 Å². The topological polar surface area (TPSA) is 41.1 Å². The number of benzene rings is 1. The Morgan fingerprint density at radius 1 is 1.30 bits per heavy atom. The van der Waals surface area contributed by atoms with Crippen molar-refractivity contribution >= 4 is 18.3 Å². The Labute approximate surface area is 126 Å². The van der Waals surface area contributed by atoms with Crippen LogP contribution < -0.4 is 10.6 Å². The minimum absolute atomic E-state index is 0. The maximum absolute atomic E-state index is 12.6. The molecule has 2 aliphatic rings. The van der Waals surface area contributed by atoms with Gasteiger partial charge in [-0.05, 0) is 43.8 Å². The van der Waals surface area contributed by atoms with Gasteiger partial charge in [-0.1, -0.05) is 37.3 Å². The number of carbonyl (C=O) groups excluding carboxylic acids is 1. The molecule has 3 rings (SSSR count). The standard InChI is InChI=1S/C16H22N2O.ClH/c1-12-11-17-10-7-14(12)18-15(19)16(8-9-16)13-5-3-2-4-6-13;/h2-6,12,14,17H,7-11H2,1H3,(H,18,19);1H. The van der Waals surface area contributed by atoms with Crippen molar-refractivity contribution < 1.29 is 4.79 Å². The molecule has 4 heteroatoms. The number of hydrogen-bond acceptors (Lipinski definition) is 2. The van der Waals surface area contributed by atoms with Crippen LogP contribution in [0.1, 0.15) is 31.7 Å². The van der Waals surface area contributed by atoms with E-state index >= 15 is 0 Å². The van der Waals surface area contributed by atoms with Gasteiger partial charge in [0, 0.05) is 6.04 Å². The largest absolute Gasteiger partial charge is 0.352 e. The van der Waals surface area contributed by atoms with Crippen molar-refractivity contribution in [3.63, 3.8) is 0 Å². The second-order valence-corrected chi connectivity index (χ2v) is 6.00. The molecule has 1 saturated heterocycles. The van der Waals surface area contributed by atoms with Gasteiger partial charge < -0.3 is 10.6 Å². The molecule has 2 fully saturated rings. The summed E-state index contributed by atoms with van der Waals surface area (Å²) in [5, 5.41) is 6.66. The van der Waals surface area contributed by atoms with Crippen LogP contribution in [0, 0.1) is 5.92 Å². The molecule has 110 valence electrons. The van der Waals surface area contributed by atoms with E-state index in [1.54, 1.807) is 0 Å². The number of piperidine rings is 1. The normalized spacial score (nSPS) is 27.2. The zero-order chi connectivity index (χ0) is 13.3. The van der Waals surface area contributed by atoms with Crippen LogP contribution in [-0.2, 0) is 10.2 Å². The molecule has 0 aromatic heterocycles. The first kappa shape index (κ1) is 15.3. The Bertz CT molecular complexity index is 459. The third kappa shape index (κ3) is 2.84. The SMILES string of the molecule is CC1CNCCC1NC(=O)C1(c2ccccc2)CC1.Cl. The molecule has 2 unspecified atom stereocenters. The molecule has 2 N–H and O–H groups in total. The number of nitrogens with one attached hydrogen (secondary N) is 2. The fourth-order valence-corrected chi connectivity index (χ4v) is 3.06. The molecule has 1 saturated carbocycles. The van der Waals surface area contributed by atoms with Gasteiger partial charge in [-0.25, -0.2) is 0 Å². The van der Waals surface area contributed by atoms with Gasteiger partial charge in [0.2, 0.25) is 5.91 Å². The highest BCUT2D eigenvalue weighted by Crippen LogP contribution is 2.48. The summed E-state index contributed by atoms with van der Waals surface area (Å²) in [6.07, 6.45) is 3.02. The fourth-order valence-electron chi connectivity index (χ4n) is 3.06. The van der Waals surface area contributed by atoms with Crippen molar-refractivity contribution in [1.82, 2.24) is 10.6 Å². The van der Waals surface area contributed by atoms with Crippen molar-refractivity contribution in [2.75, 3.05) is 13.1 Å². The zero-order valence-corrected chi connectivity index (χ0v) is 12.7. The Morgan fingerprint density at radius 3 is 2.60 bits per heavy atom. The summed E-state index contributed by atoms with van der Waals surface area (Å²) in [5.74, 6) is 0.752. The smallest absolute Gasteiger partial charge is 0.230 e. The van der Waals surface area contributed by atoms with Crippen LogP contribution in [0.5, 0.6) is 0 Å². The highest BCUT2D eigenvalue weighted by atomic mass is 35.5. The molecule has 1 aliphatic heterocycles. The molecule has 1 heterocycles. The number of amides is 1. The highest BCUT2D eigenvalue weighted by molar-refractivity contribution is 5.91. The first-order valence-electron chi connectivity index (χ1n) is 7.29. The molecular formula is C16H23ClN2O. The first-order chi connectivity index (χ1) is 9.22.